The zero-order valence-electron chi connectivity index (χ0n) is 18.7. The molecule has 0 unspecified atom stereocenters. The average Bonchev–Trinajstić information content (AvgIpc) is 3.08. The highest BCUT2D eigenvalue weighted by molar-refractivity contribution is 9.10. The Hall–Kier alpha value is -1.80. The molecule has 1 aromatic heterocycles. The van der Waals surface area contributed by atoms with E-state index in [1.54, 1.807) is 16.7 Å². The second-order valence-electron chi connectivity index (χ2n) is 9.31. The minimum atomic E-state index is -5.08. The van der Waals surface area contributed by atoms with Gasteiger partial charge in [0, 0.05) is 50.4 Å². The Labute approximate surface area is 203 Å². The van der Waals surface area contributed by atoms with Crippen molar-refractivity contribution in [2.75, 3.05) is 36.8 Å². The smallest absolute Gasteiger partial charge is 0.475 e. The van der Waals surface area contributed by atoms with Gasteiger partial charge in [0.05, 0.1) is 10.2 Å². The van der Waals surface area contributed by atoms with Crippen LogP contribution in [0.3, 0.4) is 0 Å². The molecule has 14 heteroatoms. The van der Waals surface area contributed by atoms with Crippen molar-refractivity contribution in [2.24, 2.45) is 16.7 Å². The largest absolute Gasteiger partial charge is 0.490 e. The number of ketones is 1. The van der Waals surface area contributed by atoms with E-state index < -0.39 is 27.6 Å². The maximum Gasteiger partial charge on any atom is 0.490 e. The number of carboxylic acid groups (broad SMARTS) is 1. The number of aliphatic carboxylic acids is 1. The molecule has 3 aliphatic rings. The quantitative estimate of drug-likeness (QED) is 0.586. The van der Waals surface area contributed by atoms with Crippen LogP contribution < -0.4 is 4.90 Å². The molecular formula is C20H26BrF3N4O5S. The Balaban J connectivity index is 0.000000406. The molecule has 2 aliphatic carbocycles. The Morgan fingerprint density at radius 1 is 1.21 bits per heavy atom. The van der Waals surface area contributed by atoms with E-state index in [1.807, 2.05) is 4.90 Å². The van der Waals surface area contributed by atoms with Crippen LogP contribution in [0.15, 0.2) is 16.9 Å². The number of piperazine rings is 1. The lowest BCUT2D eigenvalue weighted by Gasteiger charge is -2.39. The topological polar surface area (TPSA) is 121 Å². The summed E-state index contributed by atoms with van der Waals surface area (Å²) < 4.78 is 60.4. The predicted molar refractivity (Wildman–Crippen MR) is 120 cm³/mol. The summed E-state index contributed by atoms with van der Waals surface area (Å²) in [7, 11) is -3.49. The lowest BCUT2D eigenvalue weighted by atomic mass is 9.70. The first kappa shape index (κ1) is 26.8. The van der Waals surface area contributed by atoms with Crippen LogP contribution in [0.5, 0.6) is 0 Å². The molecule has 1 aromatic rings. The zero-order chi connectivity index (χ0) is 25.5. The van der Waals surface area contributed by atoms with Gasteiger partial charge in [-0.3, -0.25) is 4.79 Å². The predicted octanol–water partition coefficient (Wildman–Crippen LogP) is 2.72. The molecular weight excluding hydrogens is 545 g/mol. The van der Waals surface area contributed by atoms with Gasteiger partial charge in [0.1, 0.15) is 5.78 Å². The van der Waals surface area contributed by atoms with E-state index in [9.17, 15) is 26.4 Å². The molecule has 0 aromatic carbocycles. The molecule has 1 aliphatic heterocycles. The highest BCUT2D eigenvalue weighted by atomic mass is 79.9. The van der Waals surface area contributed by atoms with Gasteiger partial charge in [-0.05, 0) is 40.1 Å². The summed E-state index contributed by atoms with van der Waals surface area (Å²) in [5, 5.41) is 7.12. The fourth-order valence-corrected chi connectivity index (χ4v) is 7.55. The number of aromatic nitrogens is 2. The van der Waals surface area contributed by atoms with Crippen LogP contribution in [0.1, 0.15) is 33.1 Å². The van der Waals surface area contributed by atoms with Crippen molar-refractivity contribution in [2.45, 2.75) is 39.3 Å². The fourth-order valence-electron chi connectivity index (χ4n) is 5.15. The van der Waals surface area contributed by atoms with Crippen molar-refractivity contribution in [1.82, 2.24) is 14.3 Å². The van der Waals surface area contributed by atoms with Gasteiger partial charge in [-0.15, -0.1) is 0 Å². The van der Waals surface area contributed by atoms with Gasteiger partial charge in [-0.2, -0.15) is 17.5 Å². The zero-order valence-corrected chi connectivity index (χ0v) is 21.1. The van der Waals surface area contributed by atoms with Crippen molar-refractivity contribution in [3.8, 4) is 0 Å². The maximum atomic E-state index is 13.2. The number of carbonyl (C=O) groups excluding carboxylic acids is 1. The highest BCUT2D eigenvalue weighted by Gasteiger charge is 2.65. The summed E-state index contributed by atoms with van der Waals surface area (Å²) in [4.78, 5) is 32.1. The lowest BCUT2D eigenvalue weighted by molar-refractivity contribution is -0.192. The third kappa shape index (κ3) is 5.08. The van der Waals surface area contributed by atoms with Crippen LogP contribution in [0, 0.1) is 16.7 Å². The standard InChI is InChI=1S/C18H25BrN4O3S.C2HF3O2/c1-17(2)13-3-4-18(17,15(24)9-13)12-27(25,26)23-7-5-22(6-8-23)16-20-10-14(19)11-21-16;3-2(4,5)1(6)7/h10-11,13H,3-9,12H2,1-2H3;(H,6,7)/t13-,18+;/m1./s1. The monoisotopic (exact) mass is 570 g/mol. The number of rotatable bonds is 4. The number of nitrogens with zero attached hydrogens (tertiary/aromatic N) is 4. The molecule has 9 nitrogen and oxygen atoms in total. The second kappa shape index (κ2) is 9.34. The summed E-state index contributed by atoms with van der Waals surface area (Å²) in [6.45, 7) is 6.05. The van der Waals surface area contributed by atoms with Gasteiger partial charge in [0.25, 0.3) is 0 Å². The lowest BCUT2D eigenvalue weighted by Crippen LogP contribution is -2.53. The number of halogens is 4. The van der Waals surface area contributed by atoms with E-state index in [4.69, 9.17) is 9.90 Å². The van der Waals surface area contributed by atoms with Gasteiger partial charge >= 0.3 is 12.1 Å². The summed E-state index contributed by atoms with van der Waals surface area (Å²) in [5.41, 5.74) is -0.938. The van der Waals surface area contributed by atoms with Gasteiger partial charge in [-0.1, -0.05) is 13.8 Å². The van der Waals surface area contributed by atoms with Crippen LogP contribution in [0.25, 0.3) is 0 Å². The fraction of sp³-hybridized carbons (Fsp3) is 0.700. The van der Waals surface area contributed by atoms with Gasteiger partial charge in [0.15, 0.2) is 0 Å². The number of carboxylic acids is 1. The number of alkyl halides is 3. The molecule has 2 heterocycles. The summed E-state index contributed by atoms with van der Waals surface area (Å²) >= 11 is 3.32. The molecule has 4 rings (SSSR count). The number of hydrogen-bond acceptors (Lipinski definition) is 7. The van der Waals surface area contributed by atoms with Gasteiger partial charge < -0.3 is 10.0 Å². The average molecular weight is 571 g/mol. The number of carbonyl (C=O) groups is 2. The SMILES string of the molecule is CC1(C)[C@@H]2CC[C@]1(CS(=O)(=O)N1CCN(c3ncc(Br)cn3)CC1)C(=O)C2.O=C(O)C(F)(F)F. The van der Waals surface area contributed by atoms with E-state index in [1.165, 1.54) is 0 Å². The summed E-state index contributed by atoms with van der Waals surface area (Å²) in [5.74, 6) is -1.72. The Bertz CT molecular complexity index is 1040. The first-order valence-corrected chi connectivity index (χ1v) is 13.0. The number of sulfonamides is 1. The minimum Gasteiger partial charge on any atom is -0.475 e. The number of fused-ring (bicyclic) bond motifs is 2. The van der Waals surface area contributed by atoms with E-state index in [0.717, 1.165) is 10.9 Å². The third-order valence-electron chi connectivity index (χ3n) is 7.33. The van der Waals surface area contributed by atoms with Gasteiger partial charge in [-0.25, -0.2) is 23.2 Å². The van der Waals surface area contributed by atoms with Crippen molar-refractivity contribution >= 4 is 43.7 Å². The molecule has 2 bridgehead atoms. The van der Waals surface area contributed by atoms with Gasteiger partial charge in [0.2, 0.25) is 16.0 Å². The van der Waals surface area contributed by atoms with Crippen molar-refractivity contribution in [1.29, 1.82) is 0 Å². The molecule has 2 atom stereocenters. The van der Waals surface area contributed by atoms with Crippen molar-refractivity contribution < 1.29 is 36.3 Å². The summed E-state index contributed by atoms with van der Waals surface area (Å²) in [6.07, 6.45) is 0.499. The number of hydrogen-bond donors (Lipinski definition) is 1. The van der Waals surface area contributed by atoms with Crippen LogP contribution >= 0.6 is 15.9 Å². The molecule has 0 amide bonds. The summed E-state index contributed by atoms with van der Waals surface area (Å²) in [6, 6.07) is 0. The molecule has 2 saturated carbocycles. The van der Waals surface area contributed by atoms with E-state index >= 15 is 0 Å². The van der Waals surface area contributed by atoms with Crippen molar-refractivity contribution in [3.05, 3.63) is 16.9 Å². The normalized spacial score (nSPS) is 26.8. The first-order valence-electron chi connectivity index (χ1n) is 10.6. The van der Waals surface area contributed by atoms with Crippen LogP contribution in [-0.4, -0.2) is 77.7 Å². The molecule has 0 radical (unpaired) electrons. The second-order valence-corrected chi connectivity index (χ2v) is 12.2. The molecule has 1 saturated heterocycles. The van der Waals surface area contributed by atoms with E-state index in [2.05, 4.69) is 39.7 Å². The van der Waals surface area contributed by atoms with Crippen molar-refractivity contribution in [3.63, 3.8) is 0 Å². The Morgan fingerprint density at radius 2 is 1.74 bits per heavy atom. The molecule has 34 heavy (non-hydrogen) atoms. The maximum absolute atomic E-state index is 13.2. The van der Waals surface area contributed by atoms with E-state index in [-0.39, 0.29) is 17.0 Å². The van der Waals surface area contributed by atoms with Crippen LogP contribution in [0.2, 0.25) is 0 Å². The Morgan fingerprint density at radius 3 is 2.15 bits per heavy atom. The third-order valence-corrected chi connectivity index (χ3v) is 9.75. The minimum absolute atomic E-state index is 0.0445. The van der Waals surface area contributed by atoms with Crippen LogP contribution in [-0.2, 0) is 19.6 Å². The number of anilines is 1. The number of Topliss-reactive ketones (excluding diaryl/α,β-unsaturated/α-hetero) is 1. The molecule has 0 spiro atoms. The molecule has 3 fully saturated rings. The van der Waals surface area contributed by atoms with E-state index in [0.29, 0.717) is 50.9 Å². The van der Waals surface area contributed by atoms with Crippen LogP contribution in [0.4, 0.5) is 19.1 Å². The first-order chi connectivity index (χ1) is 15.6. The molecule has 190 valence electrons. The Kier molecular flexibility index (Phi) is 7.36. The highest BCUT2D eigenvalue weighted by Crippen LogP contribution is 2.64. The molecule has 1 N–H and O–H groups in total.